The van der Waals surface area contributed by atoms with Gasteiger partial charge in [-0.05, 0) is 28.8 Å². The van der Waals surface area contributed by atoms with Crippen molar-refractivity contribution in [1.82, 2.24) is 25.1 Å². The Kier molecular flexibility index (Phi) is 2.67. The molecule has 22 heavy (non-hydrogen) atoms. The van der Waals surface area contributed by atoms with Gasteiger partial charge in [0.2, 0.25) is 0 Å². The maximum absolute atomic E-state index is 13.1. The Labute approximate surface area is 129 Å². The van der Waals surface area contributed by atoms with Crippen LogP contribution in [0.3, 0.4) is 0 Å². The fourth-order valence-electron chi connectivity index (χ4n) is 3.67. The van der Waals surface area contributed by atoms with Gasteiger partial charge in [-0.2, -0.15) is 0 Å². The van der Waals surface area contributed by atoms with E-state index in [1.54, 1.807) is 11.0 Å². The number of nitrogens with zero attached hydrogens (tertiary/aromatic N) is 5. The molecule has 1 saturated heterocycles. The van der Waals surface area contributed by atoms with Gasteiger partial charge in [0.25, 0.3) is 5.91 Å². The topological polar surface area (TPSA) is 63.9 Å². The average Bonchev–Trinajstić information content (AvgIpc) is 3.12. The van der Waals surface area contributed by atoms with Crippen LogP contribution in [0.4, 0.5) is 0 Å². The van der Waals surface area contributed by atoms with Crippen molar-refractivity contribution in [2.45, 2.75) is 38.3 Å². The number of tetrazole rings is 1. The first kappa shape index (κ1) is 13.4. The van der Waals surface area contributed by atoms with Crippen LogP contribution in [0.15, 0.2) is 36.7 Å². The zero-order chi connectivity index (χ0) is 15.4. The molecule has 1 unspecified atom stereocenters. The number of rotatable bonds is 3. The number of likely N-dealkylation sites (tertiary alicyclic amines) is 1. The maximum atomic E-state index is 13.1. The summed E-state index contributed by atoms with van der Waals surface area (Å²) in [6.07, 6.45) is 3.18. The van der Waals surface area contributed by atoms with Gasteiger partial charge in [0.15, 0.2) is 0 Å². The molecule has 2 aromatic rings. The van der Waals surface area contributed by atoms with E-state index < -0.39 is 5.54 Å². The van der Waals surface area contributed by atoms with Crippen molar-refractivity contribution in [2.75, 3.05) is 6.54 Å². The second-order valence-electron chi connectivity index (χ2n) is 7.02. The number of aromatic nitrogens is 4. The predicted molar refractivity (Wildman–Crippen MR) is 79.7 cm³/mol. The standard InChI is InChI=1S/C16H19N5O/c1-15(2)10-20(13(15)12-6-4-3-5-7-12)14(22)16(8-9-16)21-11-17-18-19-21/h3-7,11,13H,8-10H2,1-2H3. The summed E-state index contributed by atoms with van der Waals surface area (Å²) in [6, 6.07) is 10.4. The lowest BCUT2D eigenvalue weighted by Gasteiger charge is -2.55. The van der Waals surface area contributed by atoms with E-state index in [4.69, 9.17) is 0 Å². The van der Waals surface area contributed by atoms with Gasteiger partial charge in [0.05, 0.1) is 6.04 Å². The van der Waals surface area contributed by atoms with Gasteiger partial charge in [-0.3, -0.25) is 4.79 Å². The normalized spacial score (nSPS) is 24.6. The molecule has 4 rings (SSSR count). The molecule has 1 saturated carbocycles. The molecule has 1 aromatic carbocycles. The van der Waals surface area contributed by atoms with Crippen molar-refractivity contribution in [3.8, 4) is 0 Å². The molecule has 0 bridgehead atoms. The minimum Gasteiger partial charge on any atom is -0.332 e. The Bertz CT molecular complexity index is 691. The monoisotopic (exact) mass is 297 g/mol. The zero-order valence-corrected chi connectivity index (χ0v) is 12.8. The Morgan fingerprint density at radius 2 is 1.95 bits per heavy atom. The number of amides is 1. The largest absolute Gasteiger partial charge is 0.332 e. The van der Waals surface area contributed by atoms with Crippen LogP contribution in [-0.4, -0.2) is 37.6 Å². The first-order valence-electron chi connectivity index (χ1n) is 7.64. The minimum atomic E-state index is -0.549. The van der Waals surface area contributed by atoms with Crippen LogP contribution in [0.2, 0.25) is 0 Å². The number of hydrogen-bond donors (Lipinski definition) is 0. The summed E-state index contributed by atoms with van der Waals surface area (Å²) in [5.74, 6) is 0.146. The lowest BCUT2D eigenvalue weighted by molar-refractivity contribution is -0.158. The molecule has 0 radical (unpaired) electrons. The highest BCUT2D eigenvalue weighted by molar-refractivity contribution is 5.88. The van der Waals surface area contributed by atoms with E-state index in [-0.39, 0.29) is 17.4 Å². The molecule has 0 N–H and O–H groups in total. The van der Waals surface area contributed by atoms with E-state index in [0.717, 1.165) is 19.4 Å². The van der Waals surface area contributed by atoms with E-state index in [0.29, 0.717) is 0 Å². The van der Waals surface area contributed by atoms with Crippen LogP contribution < -0.4 is 0 Å². The number of benzene rings is 1. The van der Waals surface area contributed by atoms with Crippen molar-refractivity contribution in [3.63, 3.8) is 0 Å². The molecular weight excluding hydrogens is 278 g/mol. The molecule has 2 heterocycles. The second-order valence-corrected chi connectivity index (χ2v) is 7.02. The lowest BCUT2D eigenvalue weighted by atomic mass is 9.71. The maximum Gasteiger partial charge on any atom is 0.251 e. The van der Waals surface area contributed by atoms with Crippen molar-refractivity contribution in [1.29, 1.82) is 0 Å². The van der Waals surface area contributed by atoms with Gasteiger partial charge in [0, 0.05) is 12.0 Å². The molecule has 1 atom stereocenters. The second kappa shape index (κ2) is 4.38. The molecular formula is C16H19N5O. The SMILES string of the molecule is CC1(C)CN(C(=O)C2(n3cnnn3)CC2)C1c1ccccc1. The zero-order valence-electron chi connectivity index (χ0n) is 12.8. The lowest BCUT2D eigenvalue weighted by Crippen LogP contribution is -2.60. The summed E-state index contributed by atoms with van der Waals surface area (Å²) in [6.45, 7) is 5.20. The van der Waals surface area contributed by atoms with E-state index in [9.17, 15) is 4.79 Å². The van der Waals surface area contributed by atoms with Gasteiger partial charge in [0.1, 0.15) is 11.9 Å². The van der Waals surface area contributed by atoms with Gasteiger partial charge >= 0.3 is 0 Å². The van der Waals surface area contributed by atoms with Crippen molar-refractivity contribution >= 4 is 5.91 Å². The van der Waals surface area contributed by atoms with E-state index in [1.807, 2.05) is 23.1 Å². The Balaban J connectivity index is 1.65. The van der Waals surface area contributed by atoms with Crippen LogP contribution in [-0.2, 0) is 10.3 Å². The third-order valence-corrected chi connectivity index (χ3v) is 4.92. The molecule has 2 fully saturated rings. The summed E-state index contributed by atoms with van der Waals surface area (Å²) in [5, 5.41) is 11.3. The van der Waals surface area contributed by atoms with Crippen molar-refractivity contribution < 1.29 is 4.79 Å². The summed E-state index contributed by atoms with van der Waals surface area (Å²) in [4.78, 5) is 15.1. The Hall–Kier alpha value is -2.24. The molecule has 1 aromatic heterocycles. The smallest absolute Gasteiger partial charge is 0.251 e. The molecule has 6 heteroatoms. The van der Waals surface area contributed by atoms with Crippen LogP contribution in [0.25, 0.3) is 0 Å². The molecule has 1 amide bonds. The first-order chi connectivity index (χ1) is 10.5. The predicted octanol–water partition coefficient (Wildman–Crippen LogP) is 1.77. The van der Waals surface area contributed by atoms with E-state index >= 15 is 0 Å². The van der Waals surface area contributed by atoms with Gasteiger partial charge in [-0.15, -0.1) is 5.10 Å². The number of hydrogen-bond acceptors (Lipinski definition) is 4. The summed E-state index contributed by atoms with van der Waals surface area (Å²) in [5.41, 5.74) is 0.736. The molecule has 114 valence electrons. The molecule has 1 aliphatic heterocycles. The highest BCUT2D eigenvalue weighted by Gasteiger charge is 2.60. The average molecular weight is 297 g/mol. The molecule has 1 aliphatic carbocycles. The molecule has 2 aliphatic rings. The summed E-state index contributed by atoms with van der Waals surface area (Å²) < 4.78 is 1.63. The molecule has 6 nitrogen and oxygen atoms in total. The molecule has 0 spiro atoms. The van der Waals surface area contributed by atoms with Crippen LogP contribution in [0.5, 0.6) is 0 Å². The Morgan fingerprint density at radius 1 is 1.23 bits per heavy atom. The summed E-state index contributed by atoms with van der Waals surface area (Å²) >= 11 is 0. The third-order valence-electron chi connectivity index (χ3n) is 4.92. The Morgan fingerprint density at radius 3 is 2.50 bits per heavy atom. The van der Waals surface area contributed by atoms with Gasteiger partial charge in [-0.25, -0.2) is 4.68 Å². The number of carbonyl (C=O) groups excluding carboxylic acids is 1. The first-order valence-corrected chi connectivity index (χ1v) is 7.64. The fraction of sp³-hybridized carbons (Fsp3) is 0.500. The van der Waals surface area contributed by atoms with Crippen LogP contribution in [0.1, 0.15) is 38.3 Å². The van der Waals surface area contributed by atoms with Crippen molar-refractivity contribution in [3.05, 3.63) is 42.2 Å². The highest BCUT2D eigenvalue weighted by atomic mass is 16.2. The quantitative estimate of drug-likeness (QED) is 0.866. The summed E-state index contributed by atoms with van der Waals surface area (Å²) in [7, 11) is 0. The van der Waals surface area contributed by atoms with Crippen LogP contribution in [0, 0.1) is 5.41 Å². The highest BCUT2D eigenvalue weighted by Crippen LogP contribution is 2.53. The van der Waals surface area contributed by atoms with Gasteiger partial charge < -0.3 is 4.90 Å². The van der Waals surface area contributed by atoms with E-state index in [2.05, 4.69) is 41.5 Å². The van der Waals surface area contributed by atoms with Crippen molar-refractivity contribution in [2.24, 2.45) is 5.41 Å². The van der Waals surface area contributed by atoms with E-state index in [1.165, 1.54) is 5.56 Å². The van der Waals surface area contributed by atoms with Gasteiger partial charge in [-0.1, -0.05) is 44.2 Å². The van der Waals surface area contributed by atoms with Crippen LogP contribution >= 0.6 is 0 Å². The number of carbonyl (C=O) groups is 1. The minimum absolute atomic E-state index is 0.0910. The fourth-order valence-corrected chi connectivity index (χ4v) is 3.67. The third kappa shape index (κ3) is 1.79.